The Bertz CT molecular complexity index is 232. The lowest BCUT2D eigenvalue weighted by atomic mass is 9.90. The molecule has 2 unspecified atom stereocenters. The van der Waals surface area contributed by atoms with Gasteiger partial charge in [-0.25, -0.2) is 0 Å². The topological polar surface area (TPSA) is 21.3 Å². The van der Waals surface area contributed by atoms with Crippen molar-refractivity contribution in [3.05, 3.63) is 0 Å². The van der Waals surface area contributed by atoms with Gasteiger partial charge in [0.05, 0.1) is 5.60 Å². The van der Waals surface area contributed by atoms with Gasteiger partial charge in [-0.05, 0) is 39.2 Å². The van der Waals surface area contributed by atoms with Crippen LogP contribution in [-0.2, 0) is 4.74 Å². The third-order valence-electron chi connectivity index (χ3n) is 3.41. The van der Waals surface area contributed by atoms with Crippen molar-refractivity contribution in [2.75, 3.05) is 13.2 Å². The Balaban J connectivity index is 2.19. The van der Waals surface area contributed by atoms with Gasteiger partial charge in [0, 0.05) is 19.1 Å². The van der Waals surface area contributed by atoms with Crippen LogP contribution in [0.3, 0.4) is 0 Å². The summed E-state index contributed by atoms with van der Waals surface area (Å²) in [7, 11) is 0. The molecule has 0 saturated carbocycles. The van der Waals surface area contributed by atoms with Gasteiger partial charge in [-0.3, -0.25) is 0 Å². The maximum Gasteiger partial charge on any atom is 0.389 e. The van der Waals surface area contributed by atoms with Gasteiger partial charge >= 0.3 is 6.18 Å². The molecule has 0 amide bonds. The average molecular weight is 253 g/mol. The van der Waals surface area contributed by atoms with E-state index in [1.165, 1.54) is 0 Å². The van der Waals surface area contributed by atoms with E-state index in [0.29, 0.717) is 19.2 Å². The second kappa shape index (κ2) is 6.05. The van der Waals surface area contributed by atoms with Crippen molar-refractivity contribution in [1.82, 2.24) is 5.32 Å². The van der Waals surface area contributed by atoms with Gasteiger partial charge in [-0.1, -0.05) is 6.92 Å². The van der Waals surface area contributed by atoms with E-state index in [1.54, 1.807) is 0 Å². The molecule has 1 aliphatic rings. The lowest BCUT2D eigenvalue weighted by molar-refractivity contribution is -0.135. The third-order valence-corrected chi connectivity index (χ3v) is 3.41. The molecule has 1 rings (SSSR count). The molecular weight excluding hydrogens is 231 g/mol. The Morgan fingerprint density at radius 2 is 2.12 bits per heavy atom. The first-order valence-corrected chi connectivity index (χ1v) is 6.29. The minimum Gasteiger partial charge on any atom is -0.375 e. The molecule has 2 nitrogen and oxygen atoms in total. The fourth-order valence-electron chi connectivity index (χ4n) is 2.15. The first kappa shape index (κ1) is 14.8. The second-order valence-corrected chi connectivity index (χ2v) is 5.01. The minimum absolute atomic E-state index is 0.111. The van der Waals surface area contributed by atoms with E-state index in [9.17, 15) is 13.2 Å². The van der Waals surface area contributed by atoms with Crippen LogP contribution in [0.25, 0.3) is 0 Å². The molecule has 0 bridgehead atoms. The number of nitrogens with one attached hydrogen (secondary N) is 1. The SMILES string of the molecule is CCC1(C)CC(NCCCC(F)(F)F)CCO1. The van der Waals surface area contributed by atoms with Crippen LogP contribution < -0.4 is 5.32 Å². The van der Waals surface area contributed by atoms with E-state index in [1.807, 2.05) is 0 Å². The van der Waals surface area contributed by atoms with Crippen molar-refractivity contribution in [3.8, 4) is 0 Å². The van der Waals surface area contributed by atoms with Crippen molar-refractivity contribution in [1.29, 1.82) is 0 Å². The van der Waals surface area contributed by atoms with Crippen LogP contribution in [0.2, 0.25) is 0 Å². The second-order valence-electron chi connectivity index (χ2n) is 5.01. The summed E-state index contributed by atoms with van der Waals surface area (Å²) < 4.78 is 41.5. The predicted molar refractivity (Wildman–Crippen MR) is 61.0 cm³/mol. The van der Waals surface area contributed by atoms with E-state index < -0.39 is 12.6 Å². The largest absolute Gasteiger partial charge is 0.389 e. The van der Waals surface area contributed by atoms with Crippen LogP contribution in [0.5, 0.6) is 0 Å². The fraction of sp³-hybridized carbons (Fsp3) is 1.00. The average Bonchev–Trinajstić information content (AvgIpc) is 2.24. The van der Waals surface area contributed by atoms with Gasteiger partial charge in [-0.2, -0.15) is 13.2 Å². The predicted octanol–water partition coefficient (Wildman–Crippen LogP) is 3.27. The summed E-state index contributed by atoms with van der Waals surface area (Å²) in [6.45, 7) is 5.27. The molecule has 1 N–H and O–H groups in total. The van der Waals surface area contributed by atoms with Crippen LogP contribution >= 0.6 is 0 Å². The van der Waals surface area contributed by atoms with Crippen molar-refractivity contribution in [2.45, 2.75) is 63.8 Å². The van der Waals surface area contributed by atoms with E-state index in [4.69, 9.17) is 4.74 Å². The first-order valence-electron chi connectivity index (χ1n) is 6.29. The summed E-state index contributed by atoms with van der Waals surface area (Å²) in [4.78, 5) is 0. The zero-order chi connectivity index (χ0) is 12.9. The highest BCUT2D eigenvalue weighted by atomic mass is 19.4. The van der Waals surface area contributed by atoms with Crippen molar-refractivity contribution in [3.63, 3.8) is 0 Å². The van der Waals surface area contributed by atoms with Crippen molar-refractivity contribution < 1.29 is 17.9 Å². The summed E-state index contributed by atoms with van der Waals surface area (Å²) >= 11 is 0. The summed E-state index contributed by atoms with van der Waals surface area (Å²) in [6.07, 6.45) is -1.86. The summed E-state index contributed by atoms with van der Waals surface area (Å²) in [5, 5.41) is 3.20. The van der Waals surface area contributed by atoms with Gasteiger partial charge in [0.2, 0.25) is 0 Å². The standard InChI is InChI=1S/C12H22F3NO/c1-3-11(2)9-10(5-8-17-11)16-7-4-6-12(13,14)15/h10,16H,3-9H2,1-2H3. The Hall–Kier alpha value is -0.290. The van der Waals surface area contributed by atoms with Crippen LogP contribution in [0, 0.1) is 0 Å². The monoisotopic (exact) mass is 253 g/mol. The van der Waals surface area contributed by atoms with Gasteiger partial charge in [0.1, 0.15) is 0 Å². The zero-order valence-corrected chi connectivity index (χ0v) is 10.6. The van der Waals surface area contributed by atoms with Crippen LogP contribution in [0.15, 0.2) is 0 Å². The highest BCUT2D eigenvalue weighted by molar-refractivity contribution is 4.85. The van der Waals surface area contributed by atoms with E-state index in [0.717, 1.165) is 19.3 Å². The Morgan fingerprint density at radius 1 is 1.41 bits per heavy atom. The molecule has 2 atom stereocenters. The number of halogens is 3. The molecule has 0 aromatic heterocycles. The molecule has 5 heteroatoms. The minimum atomic E-state index is -4.03. The quantitative estimate of drug-likeness (QED) is 0.759. The van der Waals surface area contributed by atoms with Crippen molar-refractivity contribution >= 4 is 0 Å². The Labute approximate surface area is 101 Å². The third kappa shape index (κ3) is 5.73. The summed E-state index contributed by atoms with van der Waals surface area (Å²) in [6, 6.07) is 0.293. The number of hydrogen-bond acceptors (Lipinski definition) is 2. The highest BCUT2D eigenvalue weighted by Crippen LogP contribution is 2.27. The van der Waals surface area contributed by atoms with Crippen molar-refractivity contribution in [2.24, 2.45) is 0 Å². The normalized spacial score (nSPS) is 30.5. The van der Waals surface area contributed by atoms with Gasteiger partial charge in [-0.15, -0.1) is 0 Å². The molecule has 0 aromatic carbocycles. The number of alkyl halides is 3. The van der Waals surface area contributed by atoms with Crippen LogP contribution in [0.4, 0.5) is 13.2 Å². The lowest BCUT2D eigenvalue weighted by Crippen LogP contribution is -2.45. The van der Waals surface area contributed by atoms with Crippen LogP contribution in [-0.4, -0.2) is 31.0 Å². The molecule has 0 aliphatic carbocycles. The van der Waals surface area contributed by atoms with Gasteiger partial charge in [0.25, 0.3) is 0 Å². The summed E-state index contributed by atoms with van der Waals surface area (Å²) in [5.74, 6) is 0. The zero-order valence-electron chi connectivity index (χ0n) is 10.6. The molecular formula is C12H22F3NO. The summed E-state index contributed by atoms with van der Waals surface area (Å²) in [5.41, 5.74) is -0.111. The maximum atomic E-state index is 12.0. The molecule has 1 fully saturated rings. The molecule has 0 spiro atoms. The smallest absolute Gasteiger partial charge is 0.375 e. The molecule has 102 valence electrons. The number of rotatable bonds is 5. The number of hydrogen-bond donors (Lipinski definition) is 1. The van der Waals surface area contributed by atoms with Gasteiger partial charge < -0.3 is 10.1 Å². The maximum absolute atomic E-state index is 12.0. The Kier molecular flexibility index (Phi) is 5.25. The van der Waals surface area contributed by atoms with Gasteiger partial charge in [0.15, 0.2) is 0 Å². The van der Waals surface area contributed by atoms with E-state index >= 15 is 0 Å². The molecule has 1 aliphatic heterocycles. The first-order chi connectivity index (χ1) is 7.85. The molecule has 0 aromatic rings. The number of ether oxygens (including phenoxy) is 1. The molecule has 17 heavy (non-hydrogen) atoms. The molecule has 1 saturated heterocycles. The molecule has 0 radical (unpaired) electrons. The Morgan fingerprint density at radius 3 is 2.71 bits per heavy atom. The fourth-order valence-corrected chi connectivity index (χ4v) is 2.15. The van der Waals surface area contributed by atoms with E-state index in [-0.39, 0.29) is 12.0 Å². The lowest BCUT2D eigenvalue weighted by Gasteiger charge is -2.38. The molecule has 1 heterocycles. The van der Waals surface area contributed by atoms with Crippen LogP contribution in [0.1, 0.15) is 46.0 Å². The van der Waals surface area contributed by atoms with E-state index in [2.05, 4.69) is 19.2 Å². The highest BCUT2D eigenvalue weighted by Gasteiger charge is 2.31.